The van der Waals surface area contributed by atoms with Crippen molar-refractivity contribution in [1.82, 2.24) is 18.7 Å². The van der Waals surface area contributed by atoms with Gasteiger partial charge in [0.1, 0.15) is 0 Å². The Bertz CT molecular complexity index is 1000. The summed E-state index contributed by atoms with van der Waals surface area (Å²) in [5.41, 5.74) is 0.366. The predicted octanol–water partition coefficient (Wildman–Crippen LogP) is 0.965. The molecule has 0 radical (unpaired) electrons. The van der Waals surface area contributed by atoms with Crippen molar-refractivity contribution in [2.75, 3.05) is 0 Å². The molecule has 3 rings (SSSR count). The van der Waals surface area contributed by atoms with Gasteiger partial charge in [0.05, 0.1) is 12.2 Å². The zero-order chi connectivity index (χ0) is 16.6. The van der Waals surface area contributed by atoms with Gasteiger partial charge in [0.25, 0.3) is 5.56 Å². The van der Waals surface area contributed by atoms with Crippen LogP contribution in [0.5, 0.6) is 0 Å². The lowest BCUT2D eigenvalue weighted by atomic mass is 10.2. The van der Waals surface area contributed by atoms with Gasteiger partial charge in [0.2, 0.25) is 5.12 Å². The SMILES string of the molecule is Cn1c(=O)c2c(ncn2CSC(=O)c2ccccc2)n(C)c1=O. The first-order chi connectivity index (χ1) is 11.0. The second-order valence-electron chi connectivity index (χ2n) is 5.02. The van der Waals surface area contributed by atoms with Crippen molar-refractivity contribution in [3.63, 3.8) is 0 Å². The fraction of sp³-hybridized carbons (Fsp3) is 0.200. The maximum atomic E-state index is 12.3. The van der Waals surface area contributed by atoms with Crippen LogP contribution in [0.1, 0.15) is 10.4 Å². The van der Waals surface area contributed by atoms with Gasteiger partial charge < -0.3 is 4.57 Å². The van der Waals surface area contributed by atoms with Crippen LogP contribution in [0.15, 0.2) is 46.2 Å². The van der Waals surface area contributed by atoms with Gasteiger partial charge in [-0.1, -0.05) is 42.1 Å². The van der Waals surface area contributed by atoms with Gasteiger partial charge in [-0.15, -0.1) is 0 Å². The molecule has 0 N–H and O–H groups in total. The van der Waals surface area contributed by atoms with Gasteiger partial charge in [0.15, 0.2) is 11.2 Å². The van der Waals surface area contributed by atoms with Gasteiger partial charge in [0, 0.05) is 19.7 Å². The lowest BCUT2D eigenvalue weighted by Crippen LogP contribution is -2.37. The summed E-state index contributed by atoms with van der Waals surface area (Å²) in [7, 11) is 2.98. The smallest absolute Gasteiger partial charge is 0.314 e. The van der Waals surface area contributed by atoms with Crippen LogP contribution in [0.2, 0.25) is 0 Å². The highest BCUT2D eigenvalue weighted by molar-refractivity contribution is 8.13. The Morgan fingerprint density at radius 1 is 1.13 bits per heavy atom. The van der Waals surface area contributed by atoms with E-state index in [0.29, 0.717) is 16.7 Å². The van der Waals surface area contributed by atoms with E-state index < -0.39 is 11.2 Å². The predicted molar refractivity (Wildman–Crippen MR) is 88.6 cm³/mol. The average Bonchev–Trinajstić information content (AvgIpc) is 3.00. The largest absolute Gasteiger partial charge is 0.332 e. The molecule has 2 heterocycles. The first kappa shape index (κ1) is 15.3. The summed E-state index contributed by atoms with van der Waals surface area (Å²) in [5, 5.41) is -0.0888. The Morgan fingerprint density at radius 2 is 1.83 bits per heavy atom. The van der Waals surface area contributed by atoms with Gasteiger partial charge >= 0.3 is 5.69 Å². The normalized spacial score (nSPS) is 11.0. The first-order valence-corrected chi connectivity index (χ1v) is 7.82. The second-order valence-corrected chi connectivity index (χ2v) is 5.94. The van der Waals surface area contributed by atoms with Crippen LogP contribution in [0.3, 0.4) is 0 Å². The van der Waals surface area contributed by atoms with E-state index in [2.05, 4.69) is 4.98 Å². The quantitative estimate of drug-likeness (QED) is 0.715. The molecule has 0 aliphatic carbocycles. The number of aromatic nitrogens is 4. The van der Waals surface area contributed by atoms with Crippen LogP contribution >= 0.6 is 11.8 Å². The molecule has 3 aromatic rings. The molecule has 23 heavy (non-hydrogen) atoms. The molecule has 0 spiro atoms. The number of benzene rings is 1. The summed E-state index contributed by atoms with van der Waals surface area (Å²) in [6.07, 6.45) is 1.47. The third kappa shape index (κ3) is 2.61. The van der Waals surface area contributed by atoms with Crippen molar-refractivity contribution in [2.24, 2.45) is 14.1 Å². The summed E-state index contributed by atoms with van der Waals surface area (Å²) >= 11 is 1.08. The molecule has 7 nitrogen and oxygen atoms in total. The molecule has 2 aromatic heterocycles. The van der Waals surface area contributed by atoms with E-state index in [4.69, 9.17) is 0 Å². The molecule has 8 heteroatoms. The summed E-state index contributed by atoms with van der Waals surface area (Å²) < 4.78 is 3.93. The molecule has 0 aliphatic rings. The Hall–Kier alpha value is -2.61. The van der Waals surface area contributed by atoms with Crippen LogP contribution in [0, 0.1) is 0 Å². The Morgan fingerprint density at radius 3 is 2.52 bits per heavy atom. The van der Waals surface area contributed by atoms with Crippen molar-refractivity contribution in [3.8, 4) is 0 Å². The molecule has 0 saturated carbocycles. The van der Waals surface area contributed by atoms with E-state index in [-0.39, 0.29) is 11.0 Å². The highest BCUT2D eigenvalue weighted by atomic mass is 32.2. The summed E-state index contributed by atoms with van der Waals surface area (Å²) in [5.74, 6) is 0.248. The number of nitrogens with zero attached hydrogens (tertiary/aromatic N) is 4. The highest BCUT2D eigenvalue weighted by Gasteiger charge is 2.15. The molecule has 0 unspecified atom stereocenters. The number of fused-ring (bicyclic) bond motifs is 1. The molecule has 0 saturated heterocycles. The lowest BCUT2D eigenvalue weighted by molar-refractivity contribution is 0.108. The molecule has 0 amide bonds. The van der Waals surface area contributed by atoms with Crippen LogP contribution in [-0.2, 0) is 20.0 Å². The standard InChI is InChI=1S/C15H14N4O3S/c1-17-12-11(13(20)18(2)15(17)22)19(8-16-12)9-23-14(21)10-6-4-3-5-7-10/h3-8H,9H2,1-2H3. The highest BCUT2D eigenvalue weighted by Crippen LogP contribution is 2.16. The molecule has 0 bridgehead atoms. The van der Waals surface area contributed by atoms with Gasteiger partial charge in [-0.3, -0.25) is 18.7 Å². The van der Waals surface area contributed by atoms with Gasteiger partial charge in [-0.05, 0) is 0 Å². The number of imidazole rings is 1. The molecular formula is C15H14N4O3S. The maximum absolute atomic E-state index is 12.3. The molecule has 118 valence electrons. The van der Waals surface area contributed by atoms with Crippen LogP contribution in [0.4, 0.5) is 0 Å². The molecule has 0 aliphatic heterocycles. The van der Waals surface area contributed by atoms with E-state index in [1.54, 1.807) is 35.9 Å². The van der Waals surface area contributed by atoms with Crippen molar-refractivity contribution in [2.45, 2.75) is 5.88 Å². The van der Waals surface area contributed by atoms with Crippen molar-refractivity contribution >= 4 is 28.0 Å². The number of aryl methyl sites for hydroxylation is 1. The van der Waals surface area contributed by atoms with Crippen molar-refractivity contribution < 1.29 is 4.79 Å². The fourth-order valence-corrected chi connectivity index (χ4v) is 3.04. The third-order valence-corrected chi connectivity index (χ3v) is 4.47. The van der Waals surface area contributed by atoms with Crippen molar-refractivity contribution in [3.05, 3.63) is 63.1 Å². The Labute approximate surface area is 135 Å². The van der Waals surface area contributed by atoms with E-state index in [1.807, 2.05) is 6.07 Å². The summed E-state index contributed by atoms with van der Waals surface area (Å²) in [6, 6.07) is 8.92. The minimum absolute atomic E-state index is 0.0888. The lowest BCUT2D eigenvalue weighted by Gasteiger charge is -2.06. The van der Waals surface area contributed by atoms with Crippen molar-refractivity contribution in [1.29, 1.82) is 0 Å². The zero-order valence-corrected chi connectivity index (χ0v) is 13.4. The number of hydrogen-bond donors (Lipinski definition) is 0. The fourth-order valence-electron chi connectivity index (χ4n) is 2.28. The number of hydrogen-bond acceptors (Lipinski definition) is 5. The summed E-state index contributed by atoms with van der Waals surface area (Å²) in [4.78, 5) is 40.4. The molecule has 1 aromatic carbocycles. The van der Waals surface area contributed by atoms with Crippen LogP contribution in [-0.4, -0.2) is 23.8 Å². The Kier molecular flexibility index (Phi) is 3.91. The van der Waals surface area contributed by atoms with E-state index in [9.17, 15) is 14.4 Å². The maximum Gasteiger partial charge on any atom is 0.332 e. The molecule has 0 fully saturated rings. The van der Waals surface area contributed by atoms with E-state index in [1.165, 1.54) is 17.9 Å². The molecule has 0 atom stereocenters. The topological polar surface area (TPSA) is 78.9 Å². The molecular weight excluding hydrogens is 316 g/mol. The number of thioether (sulfide) groups is 1. The summed E-state index contributed by atoms with van der Waals surface area (Å²) in [6.45, 7) is 0. The third-order valence-electron chi connectivity index (χ3n) is 3.56. The van der Waals surface area contributed by atoms with Gasteiger partial charge in [-0.2, -0.15) is 0 Å². The van der Waals surface area contributed by atoms with Crippen LogP contribution in [0.25, 0.3) is 11.2 Å². The van der Waals surface area contributed by atoms with E-state index in [0.717, 1.165) is 16.3 Å². The van der Waals surface area contributed by atoms with Gasteiger partial charge in [-0.25, -0.2) is 9.78 Å². The minimum Gasteiger partial charge on any atom is -0.314 e. The average molecular weight is 330 g/mol. The Balaban J connectivity index is 1.95. The minimum atomic E-state index is -0.430. The first-order valence-electron chi connectivity index (χ1n) is 6.83. The number of carbonyl (C=O) groups is 1. The number of rotatable bonds is 3. The second kappa shape index (κ2) is 5.88. The van der Waals surface area contributed by atoms with E-state index >= 15 is 0 Å². The zero-order valence-electron chi connectivity index (χ0n) is 12.6. The number of carbonyl (C=O) groups excluding carboxylic acids is 1. The van der Waals surface area contributed by atoms with Crippen LogP contribution < -0.4 is 11.2 Å². The monoisotopic (exact) mass is 330 g/mol.